The van der Waals surface area contributed by atoms with Gasteiger partial charge in [-0.25, -0.2) is 0 Å². The second kappa shape index (κ2) is 7.95. The third-order valence-electron chi connectivity index (χ3n) is 4.24. The Hall–Kier alpha value is -1.36. The van der Waals surface area contributed by atoms with Crippen LogP contribution in [0.1, 0.15) is 17.5 Å². The van der Waals surface area contributed by atoms with Crippen LogP contribution in [0.25, 0.3) is 0 Å². The fourth-order valence-electron chi connectivity index (χ4n) is 2.90. The maximum absolute atomic E-state index is 5.98. The summed E-state index contributed by atoms with van der Waals surface area (Å²) in [6.45, 7) is 3.58. The molecule has 0 amide bonds. The third-order valence-corrected chi connectivity index (χ3v) is 5.14. The quantitative estimate of drug-likeness (QED) is 0.753. The molecule has 122 valence electrons. The summed E-state index contributed by atoms with van der Waals surface area (Å²) in [7, 11) is 1.79. The van der Waals surface area contributed by atoms with Gasteiger partial charge in [0.25, 0.3) is 0 Å². The molecule has 0 spiro atoms. The van der Waals surface area contributed by atoms with Crippen LogP contribution in [-0.4, -0.2) is 31.2 Å². The van der Waals surface area contributed by atoms with E-state index in [4.69, 9.17) is 9.47 Å². The van der Waals surface area contributed by atoms with Crippen LogP contribution in [0.15, 0.2) is 53.0 Å². The van der Waals surface area contributed by atoms with Crippen molar-refractivity contribution < 1.29 is 9.47 Å². The Balaban J connectivity index is 1.64. The number of hydrogen-bond donors (Lipinski definition) is 0. The molecule has 0 aliphatic carbocycles. The Morgan fingerprint density at radius 2 is 1.96 bits per heavy atom. The van der Waals surface area contributed by atoms with Crippen molar-refractivity contribution in [2.24, 2.45) is 0 Å². The molecule has 0 saturated carbocycles. The van der Waals surface area contributed by atoms with E-state index in [2.05, 4.69) is 45.1 Å². The number of halogens is 1. The third kappa shape index (κ3) is 4.34. The number of nitrogens with zero attached hydrogens (tertiary/aromatic N) is 1. The zero-order chi connectivity index (χ0) is 16.1. The van der Waals surface area contributed by atoms with Gasteiger partial charge < -0.3 is 9.47 Å². The van der Waals surface area contributed by atoms with Gasteiger partial charge in [0.1, 0.15) is 12.4 Å². The van der Waals surface area contributed by atoms with Crippen LogP contribution in [0.4, 0.5) is 0 Å². The first-order chi connectivity index (χ1) is 11.3. The summed E-state index contributed by atoms with van der Waals surface area (Å²) in [5.41, 5.74) is 2.43. The molecule has 1 fully saturated rings. The van der Waals surface area contributed by atoms with Gasteiger partial charge in [-0.05, 0) is 39.5 Å². The normalized spacial score (nSPS) is 18.3. The highest BCUT2D eigenvalue weighted by Gasteiger charge is 2.22. The number of rotatable bonds is 6. The predicted octanol–water partition coefficient (Wildman–Crippen LogP) is 4.25. The highest BCUT2D eigenvalue weighted by atomic mass is 79.9. The average molecular weight is 376 g/mol. The van der Waals surface area contributed by atoms with Crippen molar-refractivity contribution in [2.45, 2.75) is 25.7 Å². The van der Waals surface area contributed by atoms with E-state index >= 15 is 0 Å². The molecule has 3 nitrogen and oxygen atoms in total. The molecule has 2 aromatic carbocycles. The lowest BCUT2D eigenvalue weighted by atomic mass is 10.2. The van der Waals surface area contributed by atoms with Crippen molar-refractivity contribution >= 4 is 15.9 Å². The number of methoxy groups -OCH3 is 1. The van der Waals surface area contributed by atoms with Gasteiger partial charge in [-0.3, -0.25) is 4.90 Å². The van der Waals surface area contributed by atoms with E-state index in [0.29, 0.717) is 12.7 Å². The van der Waals surface area contributed by atoms with E-state index in [0.717, 1.165) is 36.3 Å². The van der Waals surface area contributed by atoms with Crippen LogP contribution in [0.2, 0.25) is 0 Å². The summed E-state index contributed by atoms with van der Waals surface area (Å²) in [5.74, 6) is 0.897. The largest absolute Gasteiger partial charge is 0.488 e. The average Bonchev–Trinajstić information content (AvgIpc) is 3.04. The Morgan fingerprint density at radius 1 is 1.13 bits per heavy atom. The van der Waals surface area contributed by atoms with Gasteiger partial charge >= 0.3 is 0 Å². The zero-order valence-electron chi connectivity index (χ0n) is 13.4. The van der Waals surface area contributed by atoms with Gasteiger partial charge in [0.15, 0.2) is 0 Å². The second-order valence-electron chi connectivity index (χ2n) is 5.89. The molecule has 2 aromatic rings. The first-order valence-electron chi connectivity index (χ1n) is 7.95. The molecule has 0 unspecified atom stereocenters. The topological polar surface area (TPSA) is 21.7 Å². The molecule has 23 heavy (non-hydrogen) atoms. The fraction of sp³-hybridized carbons (Fsp3) is 0.368. The molecular weight excluding hydrogens is 354 g/mol. The molecule has 1 heterocycles. The number of likely N-dealkylation sites (tertiary alicyclic amines) is 1. The Labute approximate surface area is 146 Å². The van der Waals surface area contributed by atoms with Crippen molar-refractivity contribution in [3.63, 3.8) is 0 Å². The summed E-state index contributed by atoms with van der Waals surface area (Å²) >= 11 is 3.71. The minimum atomic E-state index is 0.367. The molecule has 0 bridgehead atoms. The van der Waals surface area contributed by atoms with Crippen molar-refractivity contribution in [2.75, 3.05) is 20.2 Å². The minimum absolute atomic E-state index is 0.367. The van der Waals surface area contributed by atoms with Gasteiger partial charge in [-0.1, -0.05) is 42.5 Å². The molecule has 1 aliphatic heterocycles. The van der Waals surface area contributed by atoms with Crippen molar-refractivity contribution in [1.29, 1.82) is 0 Å². The number of hydrogen-bond acceptors (Lipinski definition) is 3. The molecule has 1 atom stereocenters. The monoisotopic (exact) mass is 375 g/mol. The predicted molar refractivity (Wildman–Crippen MR) is 95.6 cm³/mol. The van der Waals surface area contributed by atoms with Crippen LogP contribution in [0.5, 0.6) is 5.75 Å². The SMILES string of the molecule is CO[C@@H]1CCN(Cc2cccc(OCc3ccccc3)c2Br)C1. The molecule has 4 heteroatoms. The molecule has 0 aromatic heterocycles. The van der Waals surface area contributed by atoms with Crippen LogP contribution < -0.4 is 4.74 Å². The summed E-state index contributed by atoms with van der Waals surface area (Å²) < 4.78 is 12.5. The van der Waals surface area contributed by atoms with E-state index < -0.39 is 0 Å². The van der Waals surface area contributed by atoms with Crippen molar-refractivity contribution in [1.82, 2.24) is 4.90 Å². The van der Waals surface area contributed by atoms with Crippen LogP contribution in [0.3, 0.4) is 0 Å². The molecular formula is C19H22BrNO2. The standard InChI is InChI=1S/C19H22BrNO2/c1-22-17-10-11-21(13-17)12-16-8-5-9-18(19(16)20)23-14-15-6-3-2-4-7-15/h2-9,17H,10-14H2,1H3/t17-/m1/s1. The summed E-state index contributed by atoms with van der Waals surface area (Å²) in [5, 5.41) is 0. The lowest BCUT2D eigenvalue weighted by molar-refractivity contribution is 0.107. The molecule has 0 N–H and O–H groups in total. The van der Waals surface area contributed by atoms with E-state index in [9.17, 15) is 0 Å². The Bertz CT molecular complexity index is 633. The van der Waals surface area contributed by atoms with Gasteiger partial charge in [-0.15, -0.1) is 0 Å². The molecule has 3 rings (SSSR count). The van der Waals surface area contributed by atoms with Gasteiger partial charge in [-0.2, -0.15) is 0 Å². The fourth-order valence-corrected chi connectivity index (χ4v) is 3.40. The van der Waals surface area contributed by atoms with Crippen LogP contribution in [0, 0.1) is 0 Å². The van der Waals surface area contributed by atoms with Crippen molar-refractivity contribution in [3.05, 3.63) is 64.1 Å². The van der Waals surface area contributed by atoms with Gasteiger partial charge in [0.05, 0.1) is 10.6 Å². The molecule has 0 radical (unpaired) electrons. The highest BCUT2D eigenvalue weighted by molar-refractivity contribution is 9.10. The van der Waals surface area contributed by atoms with E-state index in [1.54, 1.807) is 7.11 Å². The summed E-state index contributed by atoms with van der Waals surface area (Å²) in [6, 6.07) is 16.5. The van der Waals surface area contributed by atoms with E-state index in [1.807, 2.05) is 24.3 Å². The maximum Gasteiger partial charge on any atom is 0.134 e. The van der Waals surface area contributed by atoms with Crippen LogP contribution >= 0.6 is 15.9 Å². The lowest BCUT2D eigenvalue weighted by Crippen LogP contribution is -2.22. The van der Waals surface area contributed by atoms with Crippen molar-refractivity contribution in [3.8, 4) is 5.75 Å². The highest BCUT2D eigenvalue weighted by Crippen LogP contribution is 2.31. The van der Waals surface area contributed by atoms with E-state index in [-0.39, 0.29) is 0 Å². The number of ether oxygens (including phenoxy) is 2. The second-order valence-corrected chi connectivity index (χ2v) is 6.68. The van der Waals surface area contributed by atoms with E-state index in [1.165, 1.54) is 11.1 Å². The first kappa shape index (κ1) is 16.5. The Morgan fingerprint density at radius 3 is 2.70 bits per heavy atom. The molecule has 1 saturated heterocycles. The first-order valence-corrected chi connectivity index (χ1v) is 8.75. The lowest BCUT2D eigenvalue weighted by Gasteiger charge is -2.18. The molecule has 1 aliphatic rings. The van der Waals surface area contributed by atoms with Gasteiger partial charge in [0.2, 0.25) is 0 Å². The van der Waals surface area contributed by atoms with Crippen LogP contribution in [-0.2, 0) is 17.9 Å². The Kier molecular flexibility index (Phi) is 5.70. The summed E-state index contributed by atoms with van der Waals surface area (Å²) in [6.07, 6.45) is 1.48. The zero-order valence-corrected chi connectivity index (χ0v) is 15.0. The van der Waals surface area contributed by atoms with Gasteiger partial charge in [0, 0.05) is 26.7 Å². The minimum Gasteiger partial charge on any atom is -0.488 e. The summed E-state index contributed by atoms with van der Waals surface area (Å²) in [4.78, 5) is 2.43. The number of benzene rings is 2. The maximum atomic E-state index is 5.98. The smallest absolute Gasteiger partial charge is 0.134 e.